The van der Waals surface area contributed by atoms with Gasteiger partial charge in [0.2, 0.25) is 5.13 Å². The molecule has 25 heavy (non-hydrogen) atoms. The summed E-state index contributed by atoms with van der Waals surface area (Å²) in [6, 6.07) is 2.55. The van der Waals surface area contributed by atoms with Crippen molar-refractivity contribution in [1.29, 1.82) is 0 Å². The molecule has 136 valence electrons. The number of carbonyl (C=O) groups is 1. The number of hydrogen-bond acceptors (Lipinski definition) is 4. The van der Waals surface area contributed by atoms with Crippen LogP contribution in [0.25, 0.3) is 0 Å². The first-order valence-electron chi connectivity index (χ1n) is 9.28. The van der Waals surface area contributed by atoms with E-state index in [0.29, 0.717) is 17.1 Å². The Kier molecular flexibility index (Phi) is 5.57. The van der Waals surface area contributed by atoms with Crippen LogP contribution in [-0.2, 0) is 6.42 Å². The molecular formula is C19H28N4OS. The number of nitrogens with one attached hydrogen (secondary N) is 1. The van der Waals surface area contributed by atoms with Gasteiger partial charge in [0, 0.05) is 23.9 Å². The fraction of sp³-hybridized carbons (Fsp3) is 0.632. The van der Waals surface area contributed by atoms with Crippen LogP contribution in [0.15, 0.2) is 6.07 Å². The van der Waals surface area contributed by atoms with Crippen LogP contribution in [0.5, 0.6) is 0 Å². The summed E-state index contributed by atoms with van der Waals surface area (Å²) in [5.74, 6) is 0.452. The Hall–Kier alpha value is -1.69. The van der Waals surface area contributed by atoms with Crippen LogP contribution >= 0.6 is 11.3 Å². The Bertz CT molecular complexity index is 741. The van der Waals surface area contributed by atoms with Gasteiger partial charge in [-0.1, -0.05) is 44.4 Å². The normalized spacial score (nSPS) is 15.7. The molecule has 0 aromatic carbocycles. The molecule has 2 aromatic rings. The zero-order chi connectivity index (χ0) is 18.0. The molecule has 0 saturated heterocycles. The quantitative estimate of drug-likeness (QED) is 0.824. The highest BCUT2D eigenvalue weighted by Crippen LogP contribution is 2.32. The summed E-state index contributed by atoms with van der Waals surface area (Å²) < 4.78 is 2.36. The van der Waals surface area contributed by atoms with Crippen molar-refractivity contribution >= 4 is 22.4 Å². The first-order valence-corrected chi connectivity index (χ1v) is 10.1. The highest BCUT2D eigenvalue weighted by Gasteiger charge is 2.23. The van der Waals surface area contributed by atoms with Crippen molar-refractivity contribution in [1.82, 2.24) is 14.8 Å². The molecule has 1 aliphatic carbocycles. The number of aryl methyl sites for hydroxylation is 1. The summed E-state index contributed by atoms with van der Waals surface area (Å²) >= 11 is 1.47. The minimum absolute atomic E-state index is 0.0811. The summed E-state index contributed by atoms with van der Waals surface area (Å²) in [7, 11) is 0. The Morgan fingerprint density at radius 3 is 2.68 bits per heavy atom. The smallest absolute Gasteiger partial charge is 0.259 e. The van der Waals surface area contributed by atoms with Crippen molar-refractivity contribution in [3.05, 3.63) is 28.0 Å². The van der Waals surface area contributed by atoms with Gasteiger partial charge in [0.1, 0.15) is 5.01 Å². The minimum Gasteiger partial charge on any atom is -0.345 e. The Morgan fingerprint density at radius 1 is 1.28 bits per heavy atom. The number of aromatic nitrogens is 3. The number of anilines is 1. The van der Waals surface area contributed by atoms with Crippen LogP contribution in [0, 0.1) is 19.8 Å². The molecule has 0 aliphatic heterocycles. The van der Waals surface area contributed by atoms with E-state index in [-0.39, 0.29) is 5.91 Å². The van der Waals surface area contributed by atoms with E-state index in [2.05, 4.69) is 47.8 Å². The molecule has 1 aliphatic rings. The molecule has 0 spiro atoms. The van der Waals surface area contributed by atoms with Crippen LogP contribution in [0.1, 0.15) is 78.7 Å². The third-order valence-corrected chi connectivity index (χ3v) is 5.80. The molecule has 0 atom stereocenters. The number of nitrogens with zero attached hydrogens (tertiary/aromatic N) is 3. The maximum absolute atomic E-state index is 12.7. The van der Waals surface area contributed by atoms with Crippen LogP contribution in [-0.4, -0.2) is 20.7 Å². The zero-order valence-electron chi connectivity index (χ0n) is 15.6. The van der Waals surface area contributed by atoms with E-state index >= 15 is 0 Å². The second kappa shape index (κ2) is 7.68. The van der Waals surface area contributed by atoms with Gasteiger partial charge in [-0.15, -0.1) is 10.2 Å². The van der Waals surface area contributed by atoms with E-state index < -0.39 is 0 Å². The summed E-state index contributed by atoms with van der Waals surface area (Å²) in [5, 5.41) is 12.8. The topological polar surface area (TPSA) is 59.8 Å². The Morgan fingerprint density at radius 2 is 2.00 bits per heavy atom. The van der Waals surface area contributed by atoms with Crippen molar-refractivity contribution in [2.75, 3.05) is 5.32 Å². The van der Waals surface area contributed by atoms with Gasteiger partial charge in [-0.05, 0) is 38.7 Å². The number of amides is 1. The van der Waals surface area contributed by atoms with Crippen LogP contribution in [0.3, 0.4) is 0 Å². The average molecular weight is 361 g/mol. The van der Waals surface area contributed by atoms with Gasteiger partial charge in [0.05, 0.1) is 5.56 Å². The Balaban J connectivity index is 1.75. The molecule has 6 heteroatoms. The fourth-order valence-corrected chi connectivity index (χ4v) is 4.76. The molecule has 0 radical (unpaired) electrons. The van der Waals surface area contributed by atoms with E-state index in [1.165, 1.54) is 49.1 Å². The van der Waals surface area contributed by atoms with Crippen molar-refractivity contribution < 1.29 is 4.79 Å². The number of rotatable bonds is 5. The zero-order valence-corrected chi connectivity index (χ0v) is 16.4. The van der Waals surface area contributed by atoms with E-state index in [1.807, 2.05) is 6.07 Å². The SMILES string of the molecule is Cc1cc(C(=O)Nc2nnc(CC(C)C)s2)c(C)n1C1CCCCC1. The van der Waals surface area contributed by atoms with Gasteiger partial charge < -0.3 is 4.57 Å². The van der Waals surface area contributed by atoms with Crippen LogP contribution in [0.4, 0.5) is 5.13 Å². The van der Waals surface area contributed by atoms with E-state index in [0.717, 1.165) is 22.7 Å². The molecule has 0 unspecified atom stereocenters. The lowest BCUT2D eigenvalue weighted by Gasteiger charge is -2.26. The highest BCUT2D eigenvalue weighted by atomic mass is 32.1. The molecule has 1 N–H and O–H groups in total. The minimum atomic E-state index is -0.0811. The van der Waals surface area contributed by atoms with E-state index in [4.69, 9.17) is 0 Å². The predicted molar refractivity (Wildman–Crippen MR) is 102 cm³/mol. The molecule has 1 saturated carbocycles. The molecule has 5 nitrogen and oxygen atoms in total. The molecule has 0 bridgehead atoms. The van der Waals surface area contributed by atoms with Gasteiger partial charge in [0.15, 0.2) is 0 Å². The maximum atomic E-state index is 12.7. The fourth-order valence-electron chi connectivity index (χ4n) is 3.81. The van der Waals surface area contributed by atoms with Gasteiger partial charge in [0.25, 0.3) is 5.91 Å². The number of hydrogen-bond donors (Lipinski definition) is 1. The van der Waals surface area contributed by atoms with Crippen molar-refractivity contribution in [2.45, 2.75) is 72.3 Å². The first kappa shape index (κ1) is 18.1. The number of carbonyl (C=O) groups excluding carboxylic acids is 1. The third kappa shape index (κ3) is 4.11. The lowest BCUT2D eigenvalue weighted by atomic mass is 9.95. The summed E-state index contributed by atoms with van der Waals surface area (Å²) in [6.45, 7) is 8.46. The summed E-state index contributed by atoms with van der Waals surface area (Å²) in [5.41, 5.74) is 2.99. The first-order chi connectivity index (χ1) is 12.0. The summed E-state index contributed by atoms with van der Waals surface area (Å²) in [4.78, 5) is 12.7. The standard InChI is InChI=1S/C19H28N4OS/c1-12(2)10-17-21-22-19(25-17)20-18(24)16-11-13(3)23(14(16)4)15-8-6-5-7-9-15/h11-12,15H,5-10H2,1-4H3,(H,20,22,24). The summed E-state index contributed by atoms with van der Waals surface area (Å²) in [6.07, 6.45) is 7.22. The monoisotopic (exact) mass is 360 g/mol. The highest BCUT2D eigenvalue weighted by molar-refractivity contribution is 7.15. The maximum Gasteiger partial charge on any atom is 0.259 e. The predicted octanol–water partition coefficient (Wildman–Crippen LogP) is 4.91. The average Bonchev–Trinajstić information content (AvgIpc) is 3.11. The molecule has 1 amide bonds. The molecule has 2 heterocycles. The van der Waals surface area contributed by atoms with Crippen molar-refractivity contribution in [2.24, 2.45) is 5.92 Å². The third-order valence-electron chi connectivity index (χ3n) is 4.94. The van der Waals surface area contributed by atoms with E-state index in [1.54, 1.807) is 0 Å². The van der Waals surface area contributed by atoms with E-state index in [9.17, 15) is 4.79 Å². The van der Waals surface area contributed by atoms with Crippen molar-refractivity contribution in [3.8, 4) is 0 Å². The second-order valence-electron chi connectivity index (χ2n) is 7.50. The van der Waals surface area contributed by atoms with Gasteiger partial charge >= 0.3 is 0 Å². The molecular weight excluding hydrogens is 332 g/mol. The second-order valence-corrected chi connectivity index (χ2v) is 8.56. The van der Waals surface area contributed by atoms with Gasteiger partial charge in [-0.2, -0.15) is 0 Å². The lowest BCUT2D eigenvalue weighted by molar-refractivity contribution is 0.102. The Labute approximate surface area is 153 Å². The largest absolute Gasteiger partial charge is 0.345 e. The molecule has 1 fully saturated rings. The molecule has 3 rings (SSSR count). The van der Waals surface area contributed by atoms with Crippen molar-refractivity contribution in [3.63, 3.8) is 0 Å². The lowest BCUT2D eigenvalue weighted by Crippen LogP contribution is -2.17. The van der Waals surface area contributed by atoms with Gasteiger partial charge in [-0.25, -0.2) is 0 Å². The van der Waals surface area contributed by atoms with Crippen LogP contribution in [0.2, 0.25) is 0 Å². The van der Waals surface area contributed by atoms with Crippen LogP contribution < -0.4 is 5.32 Å². The van der Waals surface area contributed by atoms with Gasteiger partial charge in [-0.3, -0.25) is 10.1 Å². The molecule has 2 aromatic heterocycles.